The predicted octanol–water partition coefficient (Wildman–Crippen LogP) is 13.0. The summed E-state index contributed by atoms with van der Waals surface area (Å²) in [5.41, 5.74) is 0. The average molecular weight is 893 g/mol. The minimum Gasteiger partial charge on any atom is -0.462 e. The molecule has 0 aliphatic rings. The monoisotopic (exact) mass is 893 g/mol. The van der Waals surface area contributed by atoms with Crippen LogP contribution in [0.4, 0.5) is 0 Å². The van der Waals surface area contributed by atoms with Crippen LogP contribution in [0.15, 0.2) is 72.9 Å². The van der Waals surface area contributed by atoms with Gasteiger partial charge in [0, 0.05) is 19.3 Å². The Balaban J connectivity index is 4.80. The number of phosphoric acid groups is 1. The zero-order chi connectivity index (χ0) is 45.6. The van der Waals surface area contributed by atoms with Gasteiger partial charge in [-0.1, -0.05) is 158 Å². The van der Waals surface area contributed by atoms with Crippen molar-refractivity contribution in [2.45, 2.75) is 200 Å². The highest BCUT2D eigenvalue weighted by Crippen LogP contribution is 2.43. The van der Waals surface area contributed by atoms with Gasteiger partial charge in [0.25, 0.3) is 0 Å². The molecule has 0 heterocycles. The third-order valence-electron chi connectivity index (χ3n) is 9.63. The Morgan fingerprint density at radius 3 is 1.29 bits per heavy atom. The van der Waals surface area contributed by atoms with E-state index in [1.807, 2.05) is 0 Å². The summed E-state index contributed by atoms with van der Waals surface area (Å²) < 4.78 is 39.1. The van der Waals surface area contributed by atoms with Crippen molar-refractivity contribution in [3.05, 3.63) is 72.9 Å². The van der Waals surface area contributed by atoms with Crippen LogP contribution in [-0.2, 0) is 42.2 Å². The molecule has 2 N–H and O–H groups in total. The number of allylic oxidation sites excluding steroid dienone is 12. The van der Waals surface area contributed by atoms with Crippen LogP contribution < -0.4 is 0 Å². The van der Waals surface area contributed by atoms with Crippen molar-refractivity contribution < 1.29 is 52.2 Å². The number of unbranched alkanes of at least 4 members (excludes halogenated alkanes) is 14. The van der Waals surface area contributed by atoms with Gasteiger partial charge in [0.05, 0.1) is 19.8 Å². The lowest BCUT2D eigenvalue weighted by atomic mass is 10.1. The van der Waals surface area contributed by atoms with E-state index in [-0.39, 0.29) is 25.9 Å². The summed E-state index contributed by atoms with van der Waals surface area (Å²) in [5.74, 6) is -1.54. The molecule has 0 aromatic carbocycles. The molecule has 62 heavy (non-hydrogen) atoms. The number of rotatable bonds is 43. The largest absolute Gasteiger partial charge is 0.472 e. The van der Waals surface area contributed by atoms with E-state index in [0.29, 0.717) is 19.3 Å². The van der Waals surface area contributed by atoms with Gasteiger partial charge in [0.2, 0.25) is 0 Å². The Morgan fingerprint density at radius 1 is 0.468 bits per heavy atom. The summed E-state index contributed by atoms with van der Waals surface area (Å²) in [5, 5.41) is 9.73. The zero-order valence-corrected chi connectivity index (χ0v) is 39.7. The standard InChI is InChI=1S/C50H85O11P/c1-4-7-10-13-16-19-21-23-25-28-31-34-37-40-49(53)60-46(42-51)44-58-62(55,56)59-45-47(43-57-48(52)39-36-33-30-27-18-15-12-9-6-3)61-50(54)41-38-35-32-29-26-24-22-20-17-14-11-8-5-2/h7-8,10-11,16-17,19-20,23-26,46-47,51H,4-6,9,12-15,18,21-22,27-45H2,1-3H3,(H,55,56)/b10-7-,11-8-,19-16-,20-17-,25-23-,26-24-. The van der Waals surface area contributed by atoms with Gasteiger partial charge in [0.15, 0.2) is 6.10 Å². The van der Waals surface area contributed by atoms with Crippen molar-refractivity contribution in [1.82, 2.24) is 0 Å². The maximum Gasteiger partial charge on any atom is 0.472 e. The highest BCUT2D eigenvalue weighted by molar-refractivity contribution is 7.47. The lowest BCUT2D eigenvalue weighted by molar-refractivity contribution is -0.161. The third-order valence-corrected chi connectivity index (χ3v) is 10.6. The normalized spacial score (nSPS) is 14.2. The van der Waals surface area contributed by atoms with Crippen LogP contribution in [0.25, 0.3) is 0 Å². The fourth-order valence-electron chi connectivity index (χ4n) is 6.03. The van der Waals surface area contributed by atoms with E-state index >= 15 is 0 Å². The second-order valence-electron chi connectivity index (χ2n) is 15.5. The van der Waals surface area contributed by atoms with E-state index in [0.717, 1.165) is 96.3 Å². The van der Waals surface area contributed by atoms with Crippen LogP contribution in [0.2, 0.25) is 0 Å². The fraction of sp³-hybridized carbons (Fsp3) is 0.700. The second-order valence-corrected chi connectivity index (χ2v) is 17.0. The van der Waals surface area contributed by atoms with Crippen LogP contribution >= 0.6 is 7.82 Å². The number of esters is 3. The van der Waals surface area contributed by atoms with Crippen LogP contribution in [0.5, 0.6) is 0 Å². The topological polar surface area (TPSA) is 155 Å². The Labute approximate surface area is 376 Å². The molecule has 0 radical (unpaired) electrons. The number of hydrogen-bond acceptors (Lipinski definition) is 10. The van der Waals surface area contributed by atoms with Gasteiger partial charge in [-0.25, -0.2) is 4.57 Å². The Hall–Kier alpha value is -3.08. The van der Waals surface area contributed by atoms with Gasteiger partial charge in [-0.15, -0.1) is 0 Å². The van der Waals surface area contributed by atoms with E-state index < -0.39 is 57.8 Å². The number of carbonyl (C=O) groups is 3. The van der Waals surface area contributed by atoms with Crippen molar-refractivity contribution in [2.24, 2.45) is 0 Å². The molecule has 0 bridgehead atoms. The van der Waals surface area contributed by atoms with Crippen molar-refractivity contribution in [3.8, 4) is 0 Å². The summed E-state index contributed by atoms with van der Waals surface area (Å²) in [4.78, 5) is 48.0. The van der Waals surface area contributed by atoms with Crippen LogP contribution in [0.1, 0.15) is 188 Å². The highest BCUT2D eigenvalue weighted by Gasteiger charge is 2.28. The minimum atomic E-state index is -4.75. The fourth-order valence-corrected chi connectivity index (χ4v) is 6.81. The van der Waals surface area contributed by atoms with Gasteiger partial charge < -0.3 is 24.2 Å². The molecule has 0 aliphatic heterocycles. The molecule has 12 heteroatoms. The molecule has 0 spiro atoms. The van der Waals surface area contributed by atoms with Crippen molar-refractivity contribution in [2.75, 3.05) is 26.4 Å². The summed E-state index contributed by atoms with van der Waals surface area (Å²) >= 11 is 0. The first-order valence-electron chi connectivity index (χ1n) is 23.8. The third kappa shape index (κ3) is 42.2. The highest BCUT2D eigenvalue weighted by atomic mass is 31.2. The summed E-state index contributed by atoms with van der Waals surface area (Å²) in [7, 11) is -4.75. The van der Waals surface area contributed by atoms with Gasteiger partial charge >= 0.3 is 25.7 Å². The number of hydrogen-bond donors (Lipinski definition) is 2. The number of ether oxygens (including phenoxy) is 3. The van der Waals surface area contributed by atoms with Crippen molar-refractivity contribution in [1.29, 1.82) is 0 Å². The molecule has 0 aliphatic carbocycles. The smallest absolute Gasteiger partial charge is 0.462 e. The number of phosphoric ester groups is 1. The maximum atomic E-state index is 12.8. The lowest BCUT2D eigenvalue weighted by Crippen LogP contribution is -2.30. The number of carbonyl (C=O) groups excluding carboxylic acids is 3. The molecule has 356 valence electrons. The molecular formula is C50H85O11P. The van der Waals surface area contributed by atoms with E-state index in [1.54, 1.807) is 0 Å². The van der Waals surface area contributed by atoms with Gasteiger partial charge in [-0.3, -0.25) is 23.4 Å². The second kappa shape index (κ2) is 44.5. The van der Waals surface area contributed by atoms with E-state index in [4.69, 9.17) is 23.3 Å². The lowest BCUT2D eigenvalue weighted by Gasteiger charge is -2.21. The molecule has 0 fully saturated rings. The van der Waals surface area contributed by atoms with Gasteiger partial charge in [0.1, 0.15) is 12.7 Å². The van der Waals surface area contributed by atoms with Gasteiger partial charge in [-0.05, 0) is 83.5 Å². The molecule has 0 saturated heterocycles. The van der Waals surface area contributed by atoms with Crippen LogP contribution in [0, 0.1) is 0 Å². The van der Waals surface area contributed by atoms with E-state index in [1.165, 1.54) is 32.1 Å². The summed E-state index contributed by atoms with van der Waals surface area (Å²) in [6.07, 6.45) is 46.1. The molecule has 3 unspecified atom stereocenters. The average Bonchev–Trinajstić information content (AvgIpc) is 3.25. The first-order chi connectivity index (χ1) is 30.2. The van der Waals surface area contributed by atoms with Crippen molar-refractivity contribution >= 4 is 25.7 Å². The number of aliphatic hydroxyl groups is 1. The zero-order valence-electron chi connectivity index (χ0n) is 38.8. The number of aliphatic hydroxyl groups excluding tert-OH is 1. The maximum absolute atomic E-state index is 12.8. The van der Waals surface area contributed by atoms with Crippen LogP contribution in [-0.4, -0.2) is 66.5 Å². The minimum absolute atomic E-state index is 0.129. The Morgan fingerprint density at radius 2 is 0.839 bits per heavy atom. The van der Waals surface area contributed by atoms with E-state index in [2.05, 4.69) is 93.7 Å². The molecule has 0 aromatic rings. The predicted molar refractivity (Wildman–Crippen MR) is 251 cm³/mol. The molecular weight excluding hydrogens is 808 g/mol. The molecule has 0 rings (SSSR count). The molecule has 0 aromatic heterocycles. The summed E-state index contributed by atoms with van der Waals surface area (Å²) in [6.45, 7) is 4.28. The van der Waals surface area contributed by atoms with E-state index in [9.17, 15) is 28.9 Å². The molecule has 3 atom stereocenters. The first kappa shape index (κ1) is 58.9. The Kier molecular flexibility index (Phi) is 42.3. The molecule has 11 nitrogen and oxygen atoms in total. The van der Waals surface area contributed by atoms with Crippen molar-refractivity contribution in [3.63, 3.8) is 0 Å². The van der Waals surface area contributed by atoms with Crippen LogP contribution in [0.3, 0.4) is 0 Å². The van der Waals surface area contributed by atoms with Gasteiger partial charge in [-0.2, -0.15) is 0 Å². The quantitative estimate of drug-likeness (QED) is 0.0198. The molecule has 0 saturated carbocycles. The summed E-state index contributed by atoms with van der Waals surface area (Å²) in [6, 6.07) is 0. The molecule has 0 amide bonds. The first-order valence-corrected chi connectivity index (χ1v) is 25.3. The Bertz CT molecular complexity index is 1320. The SMILES string of the molecule is CC/C=C\C/C=C\C/C=C\CCCCCC(=O)OC(CO)COP(=O)(O)OCC(COC(=O)CCCCCCCCCCC)OC(=O)CCCCC/C=C\C/C=C\C/C=C\CC.